The maximum atomic E-state index is 4.44. The average Bonchev–Trinajstić information content (AvgIpc) is 2.79. The Morgan fingerprint density at radius 2 is 2.43 bits per heavy atom. The van der Waals surface area contributed by atoms with Crippen molar-refractivity contribution in [2.75, 3.05) is 7.05 Å². The molecule has 1 saturated carbocycles. The molecule has 0 aliphatic heterocycles. The highest BCUT2D eigenvalue weighted by Crippen LogP contribution is 2.38. The van der Waals surface area contributed by atoms with Crippen molar-refractivity contribution in [3.63, 3.8) is 0 Å². The van der Waals surface area contributed by atoms with Crippen LogP contribution in [0.3, 0.4) is 0 Å². The molecule has 2 nitrogen and oxygen atoms in total. The van der Waals surface area contributed by atoms with Gasteiger partial charge >= 0.3 is 0 Å². The summed E-state index contributed by atoms with van der Waals surface area (Å²) in [6, 6.07) is 2.63. The molecule has 1 heterocycles. The number of nitrogens with zero attached hydrogens (tertiary/aromatic N) is 1. The van der Waals surface area contributed by atoms with Crippen LogP contribution < -0.4 is 5.32 Å². The lowest BCUT2D eigenvalue weighted by Gasteiger charge is -2.21. The molecule has 0 amide bonds. The van der Waals surface area contributed by atoms with Gasteiger partial charge in [0.05, 0.1) is 11.7 Å². The summed E-state index contributed by atoms with van der Waals surface area (Å²) in [5, 5.41) is 5.48. The number of hydrogen-bond acceptors (Lipinski definition) is 3. The first-order valence-electron chi connectivity index (χ1n) is 5.38. The highest BCUT2D eigenvalue weighted by Gasteiger charge is 2.29. The van der Waals surface area contributed by atoms with Crippen LogP contribution in [0.5, 0.6) is 0 Å². The van der Waals surface area contributed by atoms with Crippen molar-refractivity contribution in [1.29, 1.82) is 0 Å². The van der Waals surface area contributed by atoms with Gasteiger partial charge in [-0.3, -0.25) is 0 Å². The second kappa shape index (κ2) is 4.41. The quantitative estimate of drug-likeness (QED) is 0.830. The van der Waals surface area contributed by atoms with Crippen molar-refractivity contribution in [3.8, 4) is 0 Å². The van der Waals surface area contributed by atoms with E-state index < -0.39 is 0 Å². The van der Waals surface area contributed by atoms with Gasteiger partial charge in [-0.2, -0.15) is 4.37 Å². The molecule has 0 bridgehead atoms. The lowest BCUT2D eigenvalue weighted by Crippen LogP contribution is -2.24. The fourth-order valence-corrected chi connectivity index (χ4v) is 3.12. The highest BCUT2D eigenvalue weighted by molar-refractivity contribution is 7.03. The minimum absolute atomic E-state index is 0.478. The van der Waals surface area contributed by atoms with Crippen LogP contribution in [0.4, 0.5) is 0 Å². The minimum Gasteiger partial charge on any atom is -0.311 e. The monoisotopic (exact) mass is 210 g/mol. The van der Waals surface area contributed by atoms with Crippen LogP contribution in [0.2, 0.25) is 0 Å². The maximum absolute atomic E-state index is 4.44. The van der Waals surface area contributed by atoms with E-state index in [4.69, 9.17) is 0 Å². The van der Waals surface area contributed by atoms with E-state index in [9.17, 15) is 0 Å². The number of aromatic nitrogens is 1. The van der Waals surface area contributed by atoms with Gasteiger partial charge in [0, 0.05) is 5.38 Å². The Labute approximate surface area is 89.9 Å². The molecular weight excluding hydrogens is 192 g/mol. The minimum atomic E-state index is 0.478. The lowest BCUT2D eigenvalue weighted by atomic mass is 9.94. The van der Waals surface area contributed by atoms with E-state index in [2.05, 4.69) is 28.1 Å². The van der Waals surface area contributed by atoms with Crippen LogP contribution in [0.15, 0.2) is 11.4 Å². The van der Waals surface area contributed by atoms with E-state index >= 15 is 0 Å². The predicted molar refractivity (Wildman–Crippen MR) is 60.4 cm³/mol. The molecule has 1 aliphatic rings. The van der Waals surface area contributed by atoms with Crippen molar-refractivity contribution in [1.82, 2.24) is 9.69 Å². The maximum Gasteiger partial charge on any atom is 0.0714 e. The van der Waals surface area contributed by atoms with Crippen LogP contribution in [-0.2, 0) is 0 Å². The van der Waals surface area contributed by atoms with E-state index in [1.54, 1.807) is 11.5 Å². The van der Waals surface area contributed by atoms with E-state index in [-0.39, 0.29) is 0 Å². The SMILES string of the molecule is CNC(c1ccsn1)C1CCC(C)C1. The normalized spacial score (nSPS) is 29.3. The largest absolute Gasteiger partial charge is 0.311 e. The molecule has 1 aliphatic carbocycles. The van der Waals surface area contributed by atoms with Gasteiger partial charge in [-0.15, -0.1) is 0 Å². The third-order valence-corrected chi connectivity index (χ3v) is 3.87. The topological polar surface area (TPSA) is 24.9 Å². The van der Waals surface area contributed by atoms with Crippen LogP contribution in [0.25, 0.3) is 0 Å². The van der Waals surface area contributed by atoms with Crippen LogP contribution in [0, 0.1) is 11.8 Å². The molecule has 3 heteroatoms. The molecule has 14 heavy (non-hydrogen) atoms. The Morgan fingerprint density at radius 1 is 1.57 bits per heavy atom. The molecule has 2 rings (SSSR count). The average molecular weight is 210 g/mol. The lowest BCUT2D eigenvalue weighted by molar-refractivity contribution is 0.374. The molecule has 3 atom stereocenters. The summed E-state index contributed by atoms with van der Waals surface area (Å²) in [4.78, 5) is 0. The van der Waals surface area contributed by atoms with Crippen LogP contribution >= 0.6 is 11.5 Å². The summed E-state index contributed by atoms with van der Waals surface area (Å²) >= 11 is 1.55. The third-order valence-electron chi connectivity index (χ3n) is 3.29. The fourth-order valence-electron chi connectivity index (χ4n) is 2.56. The summed E-state index contributed by atoms with van der Waals surface area (Å²) in [6.07, 6.45) is 4.08. The standard InChI is InChI=1S/C11H18N2S/c1-8-3-4-9(7-8)11(12-2)10-5-6-14-13-10/h5-6,8-9,11-12H,3-4,7H2,1-2H3. The van der Waals surface area contributed by atoms with Crippen molar-refractivity contribution < 1.29 is 0 Å². The van der Waals surface area contributed by atoms with Crippen LogP contribution in [-0.4, -0.2) is 11.4 Å². The molecule has 3 unspecified atom stereocenters. The molecule has 78 valence electrons. The first-order chi connectivity index (χ1) is 6.81. The van der Waals surface area contributed by atoms with E-state index in [1.165, 1.54) is 25.0 Å². The van der Waals surface area contributed by atoms with Crippen molar-refractivity contribution in [2.45, 2.75) is 32.2 Å². The second-order valence-electron chi connectivity index (χ2n) is 4.37. The molecule has 1 aromatic rings. The van der Waals surface area contributed by atoms with Gasteiger partial charge < -0.3 is 5.32 Å². The molecule has 1 aromatic heterocycles. The number of hydrogen-bond donors (Lipinski definition) is 1. The molecule has 0 saturated heterocycles. The third kappa shape index (κ3) is 1.98. The first-order valence-corrected chi connectivity index (χ1v) is 6.22. The number of rotatable bonds is 3. The molecule has 0 radical (unpaired) electrons. The number of nitrogens with one attached hydrogen (secondary N) is 1. The summed E-state index contributed by atoms with van der Waals surface area (Å²) in [5.41, 5.74) is 1.23. The van der Waals surface area contributed by atoms with Crippen molar-refractivity contribution >= 4 is 11.5 Å². The second-order valence-corrected chi connectivity index (χ2v) is 5.03. The first kappa shape index (κ1) is 10.1. The van der Waals surface area contributed by atoms with Crippen molar-refractivity contribution in [3.05, 3.63) is 17.1 Å². The van der Waals surface area contributed by atoms with E-state index in [0.29, 0.717) is 6.04 Å². The Hall–Kier alpha value is -0.410. The van der Waals surface area contributed by atoms with Gasteiger partial charge in [-0.1, -0.05) is 13.3 Å². The molecule has 1 N–H and O–H groups in total. The zero-order chi connectivity index (χ0) is 9.97. The highest BCUT2D eigenvalue weighted by atomic mass is 32.1. The fraction of sp³-hybridized carbons (Fsp3) is 0.727. The van der Waals surface area contributed by atoms with Gasteiger partial charge in [0.2, 0.25) is 0 Å². The van der Waals surface area contributed by atoms with Gasteiger partial charge in [0.1, 0.15) is 0 Å². The molecular formula is C11H18N2S. The molecule has 0 spiro atoms. The molecule has 0 aromatic carbocycles. The Bertz CT molecular complexity index is 271. The summed E-state index contributed by atoms with van der Waals surface area (Å²) in [6.45, 7) is 2.35. The Morgan fingerprint density at radius 3 is 2.93 bits per heavy atom. The van der Waals surface area contributed by atoms with Gasteiger partial charge in [-0.25, -0.2) is 0 Å². The summed E-state index contributed by atoms with van der Waals surface area (Å²) < 4.78 is 4.44. The summed E-state index contributed by atoms with van der Waals surface area (Å²) in [5.74, 6) is 1.69. The van der Waals surface area contributed by atoms with Crippen LogP contribution in [0.1, 0.15) is 37.9 Å². The Balaban J connectivity index is 2.07. The predicted octanol–water partition coefficient (Wildman–Crippen LogP) is 2.84. The summed E-state index contributed by atoms with van der Waals surface area (Å²) in [7, 11) is 2.05. The molecule has 1 fully saturated rings. The van der Waals surface area contributed by atoms with E-state index in [1.807, 2.05) is 7.05 Å². The van der Waals surface area contributed by atoms with Gasteiger partial charge in [0.15, 0.2) is 0 Å². The smallest absolute Gasteiger partial charge is 0.0714 e. The van der Waals surface area contributed by atoms with Gasteiger partial charge in [0.25, 0.3) is 0 Å². The Kier molecular flexibility index (Phi) is 3.19. The van der Waals surface area contributed by atoms with E-state index in [0.717, 1.165) is 11.8 Å². The van der Waals surface area contributed by atoms with Gasteiger partial charge in [-0.05, 0) is 49.3 Å². The zero-order valence-corrected chi connectivity index (χ0v) is 9.68. The zero-order valence-electron chi connectivity index (χ0n) is 8.86. The van der Waals surface area contributed by atoms with Crippen molar-refractivity contribution in [2.24, 2.45) is 11.8 Å².